The van der Waals surface area contributed by atoms with Crippen molar-refractivity contribution in [3.63, 3.8) is 0 Å². The summed E-state index contributed by atoms with van der Waals surface area (Å²) in [5, 5.41) is 2.35. The average molecular weight is 277 g/mol. The maximum absolute atomic E-state index is 11.8. The number of amides is 1. The third-order valence-electron chi connectivity index (χ3n) is 3.25. The molecule has 3 aromatic rings. The van der Waals surface area contributed by atoms with E-state index in [1.807, 2.05) is 42.5 Å². The summed E-state index contributed by atoms with van der Waals surface area (Å²) in [7, 11) is 0. The van der Waals surface area contributed by atoms with E-state index in [1.54, 1.807) is 12.1 Å². The second-order valence-electron chi connectivity index (χ2n) is 4.77. The van der Waals surface area contributed by atoms with Gasteiger partial charge in [0, 0.05) is 5.56 Å². The van der Waals surface area contributed by atoms with Gasteiger partial charge in [0.1, 0.15) is 0 Å². The Bertz CT molecular complexity index is 753. The average Bonchev–Trinajstić information content (AvgIpc) is 2.55. The number of nitrogens with one attached hydrogen (secondary N) is 1. The highest BCUT2D eigenvalue weighted by atomic mass is 16.6. The van der Waals surface area contributed by atoms with Crippen LogP contribution < -0.4 is 5.48 Å². The van der Waals surface area contributed by atoms with Crippen LogP contribution in [0.4, 0.5) is 0 Å². The topological polar surface area (TPSA) is 38.3 Å². The zero-order chi connectivity index (χ0) is 14.5. The molecule has 3 nitrogen and oxygen atoms in total. The minimum absolute atomic E-state index is 0.239. The minimum Gasteiger partial charge on any atom is -0.269 e. The van der Waals surface area contributed by atoms with Crippen LogP contribution in [0.15, 0.2) is 72.8 Å². The lowest BCUT2D eigenvalue weighted by Crippen LogP contribution is -2.23. The van der Waals surface area contributed by atoms with Gasteiger partial charge in [-0.25, -0.2) is 5.48 Å². The van der Waals surface area contributed by atoms with Crippen LogP contribution in [0.5, 0.6) is 0 Å². The summed E-state index contributed by atoms with van der Waals surface area (Å²) in [4.78, 5) is 17.1. The number of hydrogen-bond acceptors (Lipinski definition) is 2. The second kappa shape index (κ2) is 6.20. The second-order valence-corrected chi connectivity index (χ2v) is 4.77. The van der Waals surface area contributed by atoms with Crippen molar-refractivity contribution in [1.82, 2.24) is 5.48 Å². The summed E-state index contributed by atoms with van der Waals surface area (Å²) in [5.41, 5.74) is 4.05. The molecular weight excluding hydrogens is 262 g/mol. The van der Waals surface area contributed by atoms with Crippen LogP contribution in [-0.2, 0) is 11.4 Å². The molecule has 0 aliphatic carbocycles. The van der Waals surface area contributed by atoms with Crippen LogP contribution in [0, 0.1) is 0 Å². The normalized spacial score (nSPS) is 10.5. The largest absolute Gasteiger partial charge is 0.274 e. The van der Waals surface area contributed by atoms with E-state index in [4.69, 9.17) is 4.84 Å². The first-order chi connectivity index (χ1) is 10.3. The van der Waals surface area contributed by atoms with E-state index in [0.717, 1.165) is 10.9 Å². The first-order valence-corrected chi connectivity index (χ1v) is 6.78. The van der Waals surface area contributed by atoms with Crippen molar-refractivity contribution in [3.05, 3.63) is 83.9 Å². The fourth-order valence-electron chi connectivity index (χ4n) is 2.16. The molecule has 0 aromatic heterocycles. The molecule has 0 bridgehead atoms. The Morgan fingerprint density at radius 1 is 0.857 bits per heavy atom. The van der Waals surface area contributed by atoms with Gasteiger partial charge in [-0.3, -0.25) is 9.63 Å². The van der Waals surface area contributed by atoms with Gasteiger partial charge in [0.05, 0.1) is 6.61 Å². The number of hydroxylamine groups is 1. The van der Waals surface area contributed by atoms with E-state index in [1.165, 1.54) is 5.39 Å². The Balaban J connectivity index is 1.60. The van der Waals surface area contributed by atoms with Crippen molar-refractivity contribution in [2.24, 2.45) is 0 Å². The third kappa shape index (κ3) is 3.27. The molecule has 0 spiro atoms. The van der Waals surface area contributed by atoms with Gasteiger partial charge in [0.15, 0.2) is 0 Å². The van der Waals surface area contributed by atoms with Gasteiger partial charge in [-0.15, -0.1) is 0 Å². The smallest absolute Gasteiger partial charge is 0.269 e. The minimum atomic E-state index is -0.239. The maximum atomic E-state index is 11.8. The highest BCUT2D eigenvalue weighted by molar-refractivity contribution is 5.93. The van der Waals surface area contributed by atoms with Gasteiger partial charge >= 0.3 is 0 Å². The number of carbonyl (C=O) groups excluding carboxylic acids is 1. The lowest BCUT2D eigenvalue weighted by molar-refractivity contribution is 0.0234. The summed E-state index contributed by atoms with van der Waals surface area (Å²) < 4.78 is 0. The molecule has 1 N–H and O–H groups in total. The van der Waals surface area contributed by atoms with E-state index in [-0.39, 0.29) is 5.91 Å². The number of hydrogen-bond donors (Lipinski definition) is 1. The standard InChI is InChI=1S/C18H15NO2/c20-18(16-7-2-1-3-8-16)19-21-13-14-10-11-15-6-4-5-9-17(15)12-14/h1-12H,13H2,(H,19,20). The van der Waals surface area contributed by atoms with Crippen LogP contribution in [0.25, 0.3) is 10.8 Å². The Kier molecular flexibility index (Phi) is 3.94. The van der Waals surface area contributed by atoms with Crippen molar-refractivity contribution in [2.75, 3.05) is 0 Å². The van der Waals surface area contributed by atoms with Gasteiger partial charge in [-0.1, -0.05) is 54.6 Å². The fourth-order valence-corrected chi connectivity index (χ4v) is 2.16. The van der Waals surface area contributed by atoms with Crippen LogP contribution >= 0.6 is 0 Å². The molecule has 21 heavy (non-hydrogen) atoms. The molecule has 0 radical (unpaired) electrons. The van der Waals surface area contributed by atoms with Gasteiger partial charge in [-0.2, -0.15) is 0 Å². The molecule has 3 rings (SSSR count). The predicted octanol–water partition coefficient (Wildman–Crippen LogP) is 3.70. The SMILES string of the molecule is O=C(NOCc1ccc2ccccc2c1)c1ccccc1. The Labute approximate surface area is 123 Å². The van der Waals surface area contributed by atoms with Crippen LogP contribution in [-0.4, -0.2) is 5.91 Å². The van der Waals surface area contributed by atoms with Crippen molar-refractivity contribution < 1.29 is 9.63 Å². The summed E-state index contributed by atoms with van der Waals surface area (Å²) in [5.74, 6) is -0.239. The lowest BCUT2D eigenvalue weighted by Gasteiger charge is -2.07. The van der Waals surface area contributed by atoms with Gasteiger partial charge in [-0.05, 0) is 34.5 Å². The number of carbonyl (C=O) groups is 1. The van der Waals surface area contributed by atoms with Crippen molar-refractivity contribution >= 4 is 16.7 Å². The molecule has 0 aliphatic rings. The molecule has 3 heteroatoms. The molecule has 0 saturated heterocycles. The molecule has 0 heterocycles. The number of fused-ring (bicyclic) bond motifs is 1. The molecule has 104 valence electrons. The van der Waals surface area contributed by atoms with Crippen molar-refractivity contribution in [1.29, 1.82) is 0 Å². The number of benzene rings is 3. The third-order valence-corrected chi connectivity index (χ3v) is 3.25. The van der Waals surface area contributed by atoms with Gasteiger partial charge in [0.25, 0.3) is 5.91 Å². The molecule has 0 unspecified atom stereocenters. The molecule has 3 aromatic carbocycles. The van der Waals surface area contributed by atoms with E-state index in [2.05, 4.69) is 23.7 Å². The van der Waals surface area contributed by atoms with Crippen LogP contribution in [0.2, 0.25) is 0 Å². The van der Waals surface area contributed by atoms with Crippen molar-refractivity contribution in [2.45, 2.75) is 6.61 Å². The van der Waals surface area contributed by atoms with E-state index < -0.39 is 0 Å². The van der Waals surface area contributed by atoms with E-state index in [0.29, 0.717) is 12.2 Å². The van der Waals surface area contributed by atoms with E-state index >= 15 is 0 Å². The zero-order valence-corrected chi connectivity index (χ0v) is 11.5. The van der Waals surface area contributed by atoms with Crippen LogP contribution in [0.3, 0.4) is 0 Å². The first kappa shape index (κ1) is 13.3. The fraction of sp³-hybridized carbons (Fsp3) is 0.0556. The summed E-state index contributed by atoms with van der Waals surface area (Å²) in [6.07, 6.45) is 0. The highest BCUT2D eigenvalue weighted by Crippen LogP contribution is 2.15. The Morgan fingerprint density at radius 3 is 2.38 bits per heavy atom. The molecule has 1 amide bonds. The maximum Gasteiger partial charge on any atom is 0.274 e. The van der Waals surface area contributed by atoms with Crippen molar-refractivity contribution in [3.8, 4) is 0 Å². The summed E-state index contributed by atoms with van der Waals surface area (Å²) >= 11 is 0. The van der Waals surface area contributed by atoms with Gasteiger partial charge < -0.3 is 0 Å². The molecule has 0 atom stereocenters. The molecule has 0 aliphatic heterocycles. The van der Waals surface area contributed by atoms with E-state index in [9.17, 15) is 4.79 Å². The molecular formula is C18H15NO2. The summed E-state index contributed by atoms with van der Waals surface area (Å²) in [6.45, 7) is 0.337. The van der Waals surface area contributed by atoms with Crippen LogP contribution in [0.1, 0.15) is 15.9 Å². The lowest BCUT2D eigenvalue weighted by atomic mass is 10.1. The monoisotopic (exact) mass is 277 g/mol. The van der Waals surface area contributed by atoms with Gasteiger partial charge in [0.2, 0.25) is 0 Å². The summed E-state index contributed by atoms with van der Waals surface area (Å²) in [6, 6.07) is 23.2. The Hall–Kier alpha value is -2.65. The molecule has 0 fully saturated rings. The molecule has 0 saturated carbocycles. The Morgan fingerprint density at radius 2 is 1.57 bits per heavy atom. The number of rotatable bonds is 4. The quantitative estimate of drug-likeness (QED) is 0.738. The highest BCUT2D eigenvalue weighted by Gasteiger charge is 2.04. The predicted molar refractivity (Wildman–Crippen MR) is 82.6 cm³/mol. The zero-order valence-electron chi connectivity index (χ0n) is 11.5. The first-order valence-electron chi connectivity index (χ1n) is 6.78.